The average molecular weight is 335 g/mol. The highest BCUT2D eigenvalue weighted by atomic mass is 16.3. The molecule has 2 unspecified atom stereocenters. The minimum absolute atomic E-state index is 0.347. The van der Waals surface area contributed by atoms with Gasteiger partial charge in [0, 0.05) is 12.5 Å². The Labute approximate surface area is 151 Å². The van der Waals surface area contributed by atoms with Gasteiger partial charge in [0.25, 0.3) is 0 Å². The molecule has 132 valence electrons. The summed E-state index contributed by atoms with van der Waals surface area (Å²) in [6.07, 6.45) is 4.21. The zero-order valence-electron chi connectivity index (χ0n) is 15.2. The summed E-state index contributed by atoms with van der Waals surface area (Å²) in [7, 11) is 0. The van der Waals surface area contributed by atoms with Crippen molar-refractivity contribution >= 4 is 0 Å². The van der Waals surface area contributed by atoms with Gasteiger partial charge in [-0.15, -0.1) is 0 Å². The Kier molecular flexibility index (Phi) is 4.66. The lowest BCUT2D eigenvalue weighted by Gasteiger charge is -2.51. The van der Waals surface area contributed by atoms with Gasteiger partial charge in [-0.05, 0) is 68.3 Å². The molecule has 0 aromatic heterocycles. The van der Waals surface area contributed by atoms with Crippen LogP contribution < -0.4 is 0 Å². The number of benzene rings is 2. The molecule has 25 heavy (non-hydrogen) atoms. The van der Waals surface area contributed by atoms with Crippen molar-refractivity contribution in [2.75, 3.05) is 19.6 Å². The number of aryl methyl sites for hydroxylation is 2. The van der Waals surface area contributed by atoms with Crippen LogP contribution in [0.1, 0.15) is 36.0 Å². The van der Waals surface area contributed by atoms with Gasteiger partial charge >= 0.3 is 0 Å². The summed E-state index contributed by atoms with van der Waals surface area (Å²) < 4.78 is 0. The Hall–Kier alpha value is -1.64. The van der Waals surface area contributed by atoms with E-state index in [4.69, 9.17) is 0 Å². The second kappa shape index (κ2) is 6.93. The van der Waals surface area contributed by atoms with E-state index in [9.17, 15) is 5.11 Å². The first kappa shape index (κ1) is 16.8. The van der Waals surface area contributed by atoms with Crippen LogP contribution in [0.4, 0.5) is 0 Å². The molecule has 1 N–H and O–H groups in total. The molecule has 2 bridgehead atoms. The van der Waals surface area contributed by atoms with Gasteiger partial charge in [-0.25, -0.2) is 0 Å². The fourth-order valence-corrected chi connectivity index (χ4v) is 5.06. The second-order valence-corrected chi connectivity index (χ2v) is 7.97. The highest BCUT2D eigenvalue weighted by molar-refractivity contribution is 5.33. The normalized spacial score (nSPS) is 27.8. The van der Waals surface area contributed by atoms with Crippen molar-refractivity contribution in [3.8, 4) is 0 Å². The number of nitrogens with zero attached hydrogens (tertiary/aromatic N) is 1. The van der Waals surface area contributed by atoms with E-state index >= 15 is 0 Å². The molecule has 3 heterocycles. The van der Waals surface area contributed by atoms with E-state index in [0.29, 0.717) is 11.8 Å². The Bertz CT molecular complexity index is 705. The fourth-order valence-electron chi connectivity index (χ4n) is 5.06. The van der Waals surface area contributed by atoms with E-state index < -0.39 is 5.60 Å². The number of hydrogen-bond acceptors (Lipinski definition) is 2. The average Bonchev–Trinajstić information content (AvgIpc) is 2.68. The standard InChI is InChI=1S/C23H29NO/c1-18-7-5-6-10-21(18)23(25,14-11-19-8-3-2-4-9-19)22-17-24-15-12-20(22)13-16-24/h2-10,20,22,25H,11-17H2,1H3. The van der Waals surface area contributed by atoms with Gasteiger partial charge in [0.1, 0.15) is 0 Å². The molecule has 3 fully saturated rings. The van der Waals surface area contributed by atoms with Gasteiger partial charge in [0.2, 0.25) is 0 Å². The molecule has 0 spiro atoms. The van der Waals surface area contributed by atoms with Crippen molar-refractivity contribution in [2.45, 2.75) is 38.2 Å². The molecule has 0 radical (unpaired) electrons. The summed E-state index contributed by atoms with van der Waals surface area (Å²) in [6.45, 7) is 5.61. The first-order valence-electron chi connectivity index (χ1n) is 9.71. The summed E-state index contributed by atoms with van der Waals surface area (Å²) >= 11 is 0. The topological polar surface area (TPSA) is 23.5 Å². The SMILES string of the molecule is Cc1ccccc1C(O)(CCc1ccccc1)C1CN2CCC1CC2. The van der Waals surface area contributed by atoms with Gasteiger partial charge in [-0.3, -0.25) is 0 Å². The number of hydrogen-bond donors (Lipinski definition) is 1. The smallest absolute Gasteiger partial charge is 0.0945 e. The first-order valence-corrected chi connectivity index (χ1v) is 9.71. The maximum Gasteiger partial charge on any atom is 0.0945 e. The molecule has 3 aliphatic rings. The van der Waals surface area contributed by atoms with E-state index in [2.05, 4.69) is 66.4 Å². The van der Waals surface area contributed by atoms with Crippen LogP contribution in [0.15, 0.2) is 54.6 Å². The lowest BCUT2D eigenvalue weighted by atomic mass is 9.65. The van der Waals surface area contributed by atoms with Crippen molar-refractivity contribution in [2.24, 2.45) is 11.8 Å². The summed E-state index contributed by atoms with van der Waals surface area (Å²) in [5.74, 6) is 1.00. The third-order valence-electron chi connectivity index (χ3n) is 6.52. The number of rotatable bonds is 5. The van der Waals surface area contributed by atoms with Gasteiger partial charge in [-0.1, -0.05) is 54.6 Å². The summed E-state index contributed by atoms with van der Waals surface area (Å²) in [6, 6.07) is 19.0. The maximum atomic E-state index is 12.0. The zero-order valence-corrected chi connectivity index (χ0v) is 15.2. The van der Waals surface area contributed by atoms with Crippen LogP contribution in [0.5, 0.6) is 0 Å². The van der Waals surface area contributed by atoms with Crippen molar-refractivity contribution in [1.82, 2.24) is 4.90 Å². The number of piperidine rings is 3. The monoisotopic (exact) mass is 335 g/mol. The van der Waals surface area contributed by atoms with Crippen LogP contribution in [0.2, 0.25) is 0 Å². The van der Waals surface area contributed by atoms with Gasteiger partial charge in [0.15, 0.2) is 0 Å². The number of aliphatic hydroxyl groups is 1. The molecule has 0 aliphatic carbocycles. The Balaban J connectivity index is 1.66. The molecule has 2 aromatic carbocycles. The molecular formula is C23H29NO. The summed E-state index contributed by atoms with van der Waals surface area (Å²) in [4.78, 5) is 2.55. The molecule has 0 amide bonds. The molecule has 2 heteroatoms. The van der Waals surface area contributed by atoms with E-state index in [1.54, 1.807) is 0 Å². The van der Waals surface area contributed by atoms with Crippen molar-refractivity contribution in [3.63, 3.8) is 0 Å². The summed E-state index contributed by atoms with van der Waals surface area (Å²) in [5.41, 5.74) is 2.94. The van der Waals surface area contributed by atoms with Gasteiger partial charge in [0.05, 0.1) is 5.60 Å². The van der Waals surface area contributed by atoms with E-state index in [-0.39, 0.29) is 0 Å². The van der Waals surface area contributed by atoms with Gasteiger partial charge in [-0.2, -0.15) is 0 Å². The molecule has 3 aliphatic heterocycles. The molecular weight excluding hydrogens is 306 g/mol. The molecule has 0 saturated carbocycles. The highest BCUT2D eigenvalue weighted by Crippen LogP contribution is 2.46. The lowest BCUT2D eigenvalue weighted by Crippen LogP contribution is -2.55. The molecule has 5 rings (SSSR count). The maximum absolute atomic E-state index is 12.0. The Morgan fingerprint density at radius 3 is 2.32 bits per heavy atom. The van der Waals surface area contributed by atoms with Crippen molar-refractivity contribution < 1.29 is 5.11 Å². The first-order chi connectivity index (χ1) is 12.2. The highest BCUT2D eigenvalue weighted by Gasteiger charge is 2.47. The Morgan fingerprint density at radius 1 is 1.00 bits per heavy atom. The Morgan fingerprint density at radius 2 is 1.68 bits per heavy atom. The fraction of sp³-hybridized carbons (Fsp3) is 0.478. The predicted octanol–water partition coefficient (Wildman–Crippen LogP) is 4.16. The minimum atomic E-state index is -0.731. The van der Waals surface area contributed by atoms with Crippen molar-refractivity contribution in [3.05, 3.63) is 71.3 Å². The van der Waals surface area contributed by atoms with Crippen LogP contribution in [0.25, 0.3) is 0 Å². The third kappa shape index (κ3) is 3.26. The third-order valence-corrected chi connectivity index (χ3v) is 6.52. The predicted molar refractivity (Wildman–Crippen MR) is 102 cm³/mol. The molecule has 2 nitrogen and oxygen atoms in total. The van der Waals surface area contributed by atoms with Crippen molar-refractivity contribution in [1.29, 1.82) is 0 Å². The van der Waals surface area contributed by atoms with E-state index in [0.717, 1.165) is 24.9 Å². The van der Waals surface area contributed by atoms with Crippen LogP contribution >= 0.6 is 0 Å². The summed E-state index contributed by atoms with van der Waals surface area (Å²) in [5, 5.41) is 12.0. The van der Waals surface area contributed by atoms with Crippen LogP contribution in [0.3, 0.4) is 0 Å². The minimum Gasteiger partial charge on any atom is -0.385 e. The number of fused-ring (bicyclic) bond motifs is 3. The largest absolute Gasteiger partial charge is 0.385 e. The molecule has 2 aromatic rings. The lowest BCUT2D eigenvalue weighted by molar-refractivity contribution is -0.106. The van der Waals surface area contributed by atoms with E-state index in [1.165, 1.54) is 37.1 Å². The molecule has 2 atom stereocenters. The van der Waals surface area contributed by atoms with Gasteiger partial charge < -0.3 is 10.0 Å². The van der Waals surface area contributed by atoms with Crippen LogP contribution in [-0.2, 0) is 12.0 Å². The van der Waals surface area contributed by atoms with Crippen LogP contribution in [-0.4, -0.2) is 29.6 Å². The molecule has 3 saturated heterocycles. The van der Waals surface area contributed by atoms with E-state index in [1.807, 2.05) is 0 Å². The quantitative estimate of drug-likeness (QED) is 0.887. The second-order valence-electron chi connectivity index (χ2n) is 7.97. The van der Waals surface area contributed by atoms with Crippen LogP contribution in [0, 0.1) is 18.8 Å². The zero-order chi connectivity index (χ0) is 17.3.